The summed E-state index contributed by atoms with van der Waals surface area (Å²) >= 11 is 6.23. The Hall–Kier alpha value is -0.730. The van der Waals surface area contributed by atoms with E-state index >= 15 is 0 Å². The first-order valence-corrected chi connectivity index (χ1v) is 7.27. The monoisotopic (exact) mass is 268 g/mol. The average Bonchev–Trinajstić information content (AvgIpc) is 2.40. The largest absolute Gasteiger partial charge is 0.371 e. The number of nitrogens with two attached hydrogens (primary N) is 1. The fraction of sp³-hybridized carbons (Fsp3) is 0.600. The summed E-state index contributed by atoms with van der Waals surface area (Å²) in [5, 5.41) is 0.776. The van der Waals surface area contributed by atoms with Crippen LogP contribution in [0.1, 0.15) is 39.2 Å². The van der Waals surface area contributed by atoms with Gasteiger partial charge in [-0.2, -0.15) is 0 Å². The Bertz CT molecular complexity index is 362. The van der Waals surface area contributed by atoms with Gasteiger partial charge < -0.3 is 10.6 Å². The van der Waals surface area contributed by atoms with E-state index in [9.17, 15) is 0 Å². The maximum Gasteiger partial charge on any atom is 0.0471 e. The summed E-state index contributed by atoms with van der Waals surface area (Å²) in [5.74, 6) is 0.748. The minimum absolute atomic E-state index is 0.498. The van der Waals surface area contributed by atoms with E-state index in [0.717, 1.165) is 29.6 Å². The zero-order valence-corrected chi connectivity index (χ0v) is 12.5. The van der Waals surface area contributed by atoms with Crippen molar-refractivity contribution in [2.24, 2.45) is 11.7 Å². The third-order valence-electron chi connectivity index (χ3n) is 3.64. The van der Waals surface area contributed by atoms with Gasteiger partial charge in [-0.25, -0.2) is 0 Å². The smallest absolute Gasteiger partial charge is 0.0471 e. The molecule has 102 valence electrons. The molecule has 1 aromatic carbocycles. The number of anilines is 1. The fourth-order valence-corrected chi connectivity index (χ4v) is 2.43. The molecule has 0 radical (unpaired) electrons. The Balaban J connectivity index is 2.84. The first kappa shape index (κ1) is 15.3. The molecule has 2 nitrogen and oxygen atoms in total. The lowest BCUT2D eigenvalue weighted by Crippen LogP contribution is -2.29. The highest BCUT2D eigenvalue weighted by Gasteiger charge is 2.11. The second-order valence-electron chi connectivity index (χ2n) is 4.70. The van der Waals surface area contributed by atoms with E-state index in [1.54, 1.807) is 0 Å². The number of halogens is 1. The van der Waals surface area contributed by atoms with Crippen LogP contribution in [0.2, 0.25) is 5.02 Å². The molecule has 1 aromatic rings. The van der Waals surface area contributed by atoms with E-state index in [2.05, 4.69) is 31.7 Å². The van der Waals surface area contributed by atoms with Gasteiger partial charge in [0.15, 0.2) is 0 Å². The molecule has 0 saturated carbocycles. The van der Waals surface area contributed by atoms with Crippen LogP contribution in [0.25, 0.3) is 0 Å². The third kappa shape index (κ3) is 3.89. The summed E-state index contributed by atoms with van der Waals surface area (Å²) in [6, 6.07) is 6.20. The molecule has 3 heteroatoms. The van der Waals surface area contributed by atoms with Crippen LogP contribution in [-0.2, 0) is 6.54 Å². The van der Waals surface area contributed by atoms with Gasteiger partial charge in [-0.3, -0.25) is 0 Å². The van der Waals surface area contributed by atoms with Crippen molar-refractivity contribution in [2.45, 2.75) is 40.2 Å². The molecule has 2 N–H and O–H groups in total. The molecule has 0 heterocycles. The third-order valence-corrected chi connectivity index (χ3v) is 3.99. The van der Waals surface area contributed by atoms with Gasteiger partial charge in [0.1, 0.15) is 0 Å². The van der Waals surface area contributed by atoms with E-state index < -0.39 is 0 Å². The minimum Gasteiger partial charge on any atom is -0.371 e. The van der Waals surface area contributed by atoms with E-state index in [1.807, 2.05) is 12.1 Å². The Labute approximate surface area is 116 Å². The summed E-state index contributed by atoms with van der Waals surface area (Å²) < 4.78 is 0. The number of rotatable bonds is 7. The van der Waals surface area contributed by atoms with Gasteiger partial charge in [0, 0.05) is 30.3 Å². The lowest BCUT2D eigenvalue weighted by molar-refractivity contribution is 0.486. The zero-order valence-electron chi connectivity index (χ0n) is 11.7. The summed E-state index contributed by atoms with van der Waals surface area (Å²) in [5.41, 5.74) is 7.85. The molecule has 0 aliphatic rings. The van der Waals surface area contributed by atoms with E-state index in [4.69, 9.17) is 17.3 Å². The van der Waals surface area contributed by atoms with Gasteiger partial charge in [-0.05, 0) is 30.5 Å². The van der Waals surface area contributed by atoms with Crippen molar-refractivity contribution >= 4 is 17.3 Å². The van der Waals surface area contributed by atoms with Crippen molar-refractivity contribution < 1.29 is 0 Å². The topological polar surface area (TPSA) is 29.3 Å². The second-order valence-corrected chi connectivity index (χ2v) is 5.11. The predicted molar refractivity (Wildman–Crippen MR) is 81.3 cm³/mol. The number of hydrogen-bond acceptors (Lipinski definition) is 2. The first-order chi connectivity index (χ1) is 8.65. The molecule has 0 bridgehead atoms. The maximum atomic E-state index is 6.23. The molecular weight excluding hydrogens is 244 g/mol. The maximum absolute atomic E-state index is 6.23. The van der Waals surface area contributed by atoms with Crippen molar-refractivity contribution in [3.05, 3.63) is 28.8 Å². The summed E-state index contributed by atoms with van der Waals surface area (Å²) in [6.07, 6.45) is 2.45. The normalized spacial score (nSPS) is 11.0. The van der Waals surface area contributed by atoms with Gasteiger partial charge in [0.05, 0.1) is 0 Å². The van der Waals surface area contributed by atoms with Crippen LogP contribution in [-0.4, -0.2) is 13.1 Å². The molecule has 0 fully saturated rings. The molecule has 0 saturated heterocycles. The number of benzene rings is 1. The molecule has 1 rings (SSSR count). The standard InChI is InChI=1S/C15H25ClN2/c1-4-12(5-2)11-18(6-3)14-8-7-13(10-17)15(16)9-14/h7-9,12H,4-6,10-11,17H2,1-3H3. The Morgan fingerprint density at radius 1 is 1.22 bits per heavy atom. The lowest BCUT2D eigenvalue weighted by atomic mass is 10.0. The predicted octanol–water partition coefficient (Wildman–Crippen LogP) is 4.06. The van der Waals surface area contributed by atoms with Gasteiger partial charge >= 0.3 is 0 Å². The molecule has 0 aromatic heterocycles. The van der Waals surface area contributed by atoms with Crippen molar-refractivity contribution in [1.82, 2.24) is 0 Å². The first-order valence-electron chi connectivity index (χ1n) is 6.89. The van der Waals surface area contributed by atoms with Gasteiger partial charge in [0.25, 0.3) is 0 Å². The Morgan fingerprint density at radius 3 is 2.33 bits per heavy atom. The van der Waals surface area contributed by atoms with Crippen molar-refractivity contribution in [3.8, 4) is 0 Å². The Kier molecular flexibility index (Phi) is 6.51. The summed E-state index contributed by atoms with van der Waals surface area (Å²) in [4.78, 5) is 2.39. The van der Waals surface area contributed by atoms with Gasteiger partial charge in [0.2, 0.25) is 0 Å². The summed E-state index contributed by atoms with van der Waals surface area (Å²) in [7, 11) is 0. The van der Waals surface area contributed by atoms with Crippen LogP contribution in [0, 0.1) is 5.92 Å². The van der Waals surface area contributed by atoms with Crippen LogP contribution in [0.5, 0.6) is 0 Å². The summed E-state index contributed by atoms with van der Waals surface area (Å²) in [6.45, 7) is 9.31. The molecular formula is C15H25ClN2. The van der Waals surface area contributed by atoms with E-state index in [1.165, 1.54) is 18.5 Å². The number of hydrogen-bond donors (Lipinski definition) is 1. The molecule has 0 atom stereocenters. The van der Waals surface area contributed by atoms with Crippen molar-refractivity contribution in [2.75, 3.05) is 18.0 Å². The van der Waals surface area contributed by atoms with Crippen LogP contribution < -0.4 is 10.6 Å². The van der Waals surface area contributed by atoms with Crippen molar-refractivity contribution in [1.29, 1.82) is 0 Å². The molecule has 0 spiro atoms. The lowest BCUT2D eigenvalue weighted by Gasteiger charge is -2.28. The van der Waals surface area contributed by atoms with Gasteiger partial charge in [-0.15, -0.1) is 0 Å². The highest BCUT2D eigenvalue weighted by molar-refractivity contribution is 6.31. The highest BCUT2D eigenvalue weighted by Crippen LogP contribution is 2.25. The van der Waals surface area contributed by atoms with Crippen LogP contribution in [0.15, 0.2) is 18.2 Å². The quantitative estimate of drug-likeness (QED) is 0.808. The zero-order chi connectivity index (χ0) is 13.5. The van der Waals surface area contributed by atoms with E-state index in [-0.39, 0.29) is 0 Å². The number of nitrogens with zero attached hydrogens (tertiary/aromatic N) is 1. The van der Waals surface area contributed by atoms with E-state index in [0.29, 0.717) is 6.54 Å². The molecule has 0 aliphatic heterocycles. The molecule has 18 heavy (non-hydrogen) atoms. The molecule has 0 amide bonds. The molecule has 0 unspecified atom stereocenters. The van der Waals surface area contributed by atoms with Crippen molar-refractivity contribution in [3.63, 3.8) is 0 Å². The second kappa shape index (κ2) is 7.65. The average molecular weight is 269 g/mol. The Morgan fingerprint density at radius 2 is 1.89 bits per heavy atom. The highest BCUT2D eigenvalue weighted by atomic mass is 35.5. The fourth-order valence-electron chi connectivity index (χ4n) is 2.17. The SMILES string of the molecule is CCC(CC)CN(CC)c1ccc(CN)c(Cl)c1. The van der Waals surface area contributed by atoms with Crippen LogP contribution >= 0.6 is 11.6 Å². The van der Waals surface area contributed by atoms with Crippen LogP contribution in [0.4, 0.5) is 5.69 Å². The minimum atomic E-state index is 0.498. The molecule has 0 aliphatic carbocycles. The van der Waals surface area contributed by atoms with Gasteiger partial charge in [-0.1, -0.05) is 44.4 Å². The van der Waals surface area contributed by atoms with Crippen LogP contribution in [0.3, 0.4) is 0 Å².